The molecule has 0 saturated heterocycles. The summed E-state index contributed by atoms with van der Waals surface area (Å²) in [6.45, 7) is 7.69. The third kappa shape index (κ3) is 5.71. The van der Waals surface area contributed by atoms with Gasteiger partial charge in [-0.1, -0.05) is 33.3 Å². The second-order valence-corrected chi connectivity index (χ2v) is 8.60. The number of amides is 1. The first-order valence-corrected chi connectivity index (χ1v) is 10.0. The number of benzene rings is 1. The number of nitrogens with zero attached hydrogens (tertiary/aromatic N) is 1. The molecule has 1 amide bonds. The molecule has 0 spiro atoms. The Morgan fingerprint density at radius 1 is 1.28 bits per heavy atom. The molecule has 0 aliphatic carbocycles. The van der Waals surface area contributed by atoms with Gasteiger partial charge in [-0.25, -0.2) is 8.42 Å². The second kappa shape index (κ2) is 9.20. The summed E-state index contributed by atoms with van der Waals surface area (Å²) >= 11 is 0. The van der Waals surface area contributed by atoms with Gasteiger partial charge in [0.05, 0.1) is 13.7 Å². The molecule has 1 atom stereocenters. The van der Waals surface area contributed by atoms with E-state index < -0.39 is 10.0 Å². The van der Waals surface area contributed by atoms with Crippen LogP contribution in [0.5, 0.6) is 5.75 Å². The van der Waals surface area contributed by atoms with Crippen LogP contribution in [0.15, 0.2) is 23.1 Å². The minimum Gasteiger partial charge on any atom is -0.495 e. The van der Waals surface area contributed by atoms with Gasteiger partial charge in [-0.2, -0.15) is 4.31 Å². The Balaban J connectivity index is 3.03. The van der Waals surface area contributed by atoms with E-state index in [9.17, 15) is 13.2 Å². The number of hydrogen-bond acceptors (Lipinski definition) is 4. The average Bonchev–Trinajstić information content (AvgIpc) is 2.53. The predicted octanol–water partition coefficient (Wildman–Crippen LogP) is 2.74. The topological polar surface area (TPSA) is 75.7 Å². The highest BCUT2D eigenvalue weighted by molar-refractivity contribution is 7.89. The molecule has 0 aromatic heterocycles. The van der Waals surface area contributed by atoms with Gasteiger partial charge < -0.3 is 10.1 Å². The predicted molar refractivity (Wildman–Crippen MR) is 99.4 cm³/mol. The lowest BCUT2D eigenvalue weighted by Gasteiger charge is -2.21. The normalized spacial score (nSPS) is 13.1. The van der Waals surface area contributed by atoms with Gasteiger partial charge in [-0.15, -0.1) is 0 Å². The maximum absolute atomic E-state index is 12.9. The monoisotopic (exact) mass is 370 g/mol. The Kier molecular flexibility index (Phi) is 7.89. The number of methoxy groups -OCH3 is 1. The maximum atomic E-state index is 12.9. The van der Waals surface area contributed by atoms with E-state index in [1.807, 2.05) is 33.8 Å². The smallest absolute Gasteiger partial charge is 0.246 e. The average molecular weight is 371 g/mol. The van der Waals surface area contributed by atoms with E-state index in [-0.39, 0.29) is 35.1 Å². The summed E-state index contributed by atoms with van der Waals surface area (Å²) in [5.41, 5.74) is 0.897. The highest BCUT2D eigenvalue weighted by Gasteiger charge is 2.27. The highest BCUT2D eigenvalue weighted by atomic mass is 32.2. The van der Waals surface area contributed by atoms with Gasteiger partial charge in [0.2, 0.25) is 15.9 Å². The number of hydrogen-bond donors (Lipinski definition) is 1. The summed E-state index contributed by atoms with van der Waals surface area (Å²) in [5.74, 6) is 0.144. The molecule has 7 heteroatoms. The van der Waals surface area contributed by atoms with Gasteiger partial charge in [0.15, 0.2) is 0 Å². The fourth-order valence-corrected chi connectivity index (χ4v) is 3.85. The molecule has 0 aliphatic heterocycles. The van der Waals surface area contributed by atoms with Crippen LogP contribution in [0.1, 0.15) is 52.0 Å². The summed E-state index contributed by atoms with van der Waals surface area (Å²) in [7, 11) is -0.997. The number of rotatable bonds is 9. The molecule has 6 nitrogen and oxygen atoms in total. The van der Waals surface area contributed by atoms with Crippen LogP contribution in [0.4, 0.5) is 0 Å². The zero-order valence-electron chi connectivity index (χ0n) is 16.0. The van der Waals surface area contributed by atoms with Crippen LogP contribution in [0.2, 0.25) is 0 Å². The van der Waals surface area contributed by atoms with Crippen LogP contribution in [0, 0.1) is 0 Å². The van der Waals surface area contributed by atoms with Crippen molar-refractivity contribution in [3.05, 3.63) is 23.8 Å². The Bertz CT molecular complexity index is 686. The first kappa shape index (κ1) is 21.4. The quantitative estimate of drug-likeness (QED) is 0.725. The first-order chi connectivity index (χ1) is 11.6. The number of carbonyl (C=O) groups excluding carboxylic acids is 1. The molecule has 1 N–H and O–H groups in total. The molecule has 0 saturated carbocycles. The van der Waals surface area contributed by atoms with Gasteiger partial charge in [-0.05, 0) is 37.0 Å². The summed E-state index contributed by atoms with van der Waals surface area (Å²) in [6.07, 6.45) is 1.81. The molecular weight excluding hydrogens is 340 g/mol. The third-order valence-electron chi connectivity index (χ3n) is 4.04. The van der Waals surface area contributed by atoms with Crippen molar-refractivity contribution in [3.8, 4) is 5.75 Å². The molecule has 1 rings (SSSR count). The van der Waals surface area contributed by atoms with Crippen molar-refractivity contribution in [2.24, 2.45) is 0 Å². The Hall–Kier alpha value is -1.60. The van der Waals surface area contributed by atoms with E-state index in [2.05, 4.69) is 5.32 Å². The first-order valence-electron chi connectivity index (χ1n) is 8.57. The molecule has 142 valence electrons. The SMILES string of the molecule is CCCC(C)NC(=O)CN(C)S(=O)(=O)c1cc(C(C)C)ccc1OC. The number of carbonyl (C=O) groups is 1. The number of nitrogens with one attached hydrogen (secondary N) is 1. The summed E-state index contributed by atoms with van der Waals surface area (Å²) in [5, 5.41) is 2.82. The highest BCUT2D eigenvalue weighted by Crippen LogP contribution is 2.29. The van der Waals surface area contributed by atoms with Crippen LogP contribution < -0.4 is 10.1 Å². The molecule has 1 aromatic rings. The number of likely N-dealkylation sites (N-methyl/N-ethyl adjacent to an activating group) is 1. The molecule has 0 fully saturated rings. The lowest BCUT2D eigenvalue weighted by Crippen LogP contribution is -2.41. The molecular formula is C18H30N2O4S. The maximum Gasteiger partial charge on any atom is 0.246 e. The molecule has 25 heavy (non-hydrogen) atoms. The standard InChI is InChI=1S/C18H30N2O4S/c1-7-8-14(4)19-18(21)12-20(5)25(22,23)17-11-15(13(2)3)9-10-16(17)24-6/h9-11,13-14H,7-8,12H2,1-6H3,(H,19,21). The van der Waals surface area contributed by atoms with E-state index in [0.29, 0.717) is 0 Å². The largest absolute Gasteiger partial charge is 0.495 e. The van der Waals surface area contributed by atoms with Gasteiger partial charge in [0.1, 0.15) is 10.6 Å². The lowest BCUT2D eigenvalue weighted by atomic mass is 10.0. The van der Waals surface area contributed by atoms with Crippen LogP contribution in [-0.4, -0.2) is 45.4 Å². The third-order valence-corrected chi connectivity index (χ3v) is 5.86. The second-order valence-electron chi connectivity index (χ2n) is 6.58. The zero-order valence-corrected chi connectivity index (χ0v) is 16.8. The van der Waals surface area contributed by atoms with Crippen LogP contribution >= 0.6 is 0 Å². The summed E-state index contributed by atoms with van der Waals surface area (Å²) < 4.78 is 32.1. The van der Waals surface area contributed by atoms with Crippen molar-refractivity contribution >= 4 is 15.9 Å². The lowest BCUT2D eigenvalue weighted by molar-refractivity contribution is -0.121. The van der Waals surface area contributed by atoms with Crippen molar-refractivity contribution in [1.82, 2.24) is 9.62 Å². The van der Waals surface area contributed by atoms with Gasteiger partial charge in [-0.3, -0.25) is 4.79 Å². The van der Waals surface area contributed by atoms with E-state index >= 15 is 0 Å². The minimum absolute atomic E-state index is 0.0207. The molecule has 0 aliphatic rings. The van der Waals surface area contributed by atoms with E-state index in [1.165, 1.54) is 14.2 Å². The van der Waals surface area contributed by atoms with Crippen molar-refractivity contribution in [2.75, 3.05) is 20.7 Å². The fourth-order valence-electron chi connectivity index (χ4n) is 2.53. The van der Waals surface area contributed by atoms with Gasteiger partial charge in [0.25, 0.3) is 0 Å². The summed E-state index contributed by atoms with van der Waals surface area (Å²) in [4.78, 5) is 12.2. The Morgan fingerprint density at radius 2 is 1.92 bits per heavy atom. The van der Waals surface area contributed by atoms with Crippen LogP contribution in [0.3, 0.4) is 0 Å². The van der Waals surface area contributed by atoms with Gasteiger partial charge >= 0.3 is 0 Å². The molecule has 0 bridgehead atoms. The minimum atomic E-state index is -3.83. The summed E-state index contributed by atoms with van der Waals surface area (Å²) in [6, 6.07) is 5.14. The van der Waals surface area contributed by atoms with Crippen molar-refractivity contribution in [3.63, 3.8) is 0 Å². The Labute approximate surface area is 151 Å². The van der Waals surface area contributed by atoms with Gasteiger partial charge in [0, 0.05) is 13.1 Å². The van der Waals surface area contributed by atoms with Crippen molar-refractivity contribution in [1.29, 1.82) is 0 Å². The van der Waals surface area contributed by atoms with E-state index in [4.69, 9.17) is 4.74 Å². The molecule has 0 radical (unpaired) electrons. The number of sulfonamides is 1. The number of ether oxygens (including phenoxy) is 1. The zero-order chi connectivity index (χ0) is 19.2. The molecule has 1 aromatic carbocycles. The molecule has 0 heterocycles. The van der Waals surface area contributed by atoms with E-state index in [1.54, 1.807) is 12.1 Å². The van der Waals surface area contributed by atoms with E-state index in [0.717, 1.165) is 22.7 Å². The van der Waals surface area contributed by atoms with Crippen LogP contribution in [-0.2, 0) is 14.8 Å². The van der Waals surface area contributed by atoms with Crippen molar-refractivity contribution < 1.29 is 17.9 Å². The fraction of sp³-hybridized carbons (Fsp3) is 0.611. The van der Waals surface area contributed by atoms with Crippen molar-refractivity contribution in [2.45, 2.75) is 57.4 Å². The van der Waals surface area contributed by atoms with Crippen LogP contribution in [0.25, 0.3) is 0 Å². The molecule has 1 unspecified atom stereocenters. The Morgan fingerprint density at radius 3 is 2.44 bits per heavy atom.